The lowest BCUT2D eigenvalue weighted by atomic mass is 9.87. The molecule has 146 valence electrons. The van der Waals surface area contributed by atoms with Crippen LogP contribution in [0.3, 0.4) is 0 Å². The minimum Gasteiger partial charge on any atom is -0.355 e. The summed E-state index contributed by atoms with van der Waals surface area (Å²) < 4.78 is 37.6. The molecule has 0 saturated heterocycles. The molecule has 0 spiro atoms. The monoisotopic (exact) mass is 391 g/mol. The highest BCUT2D eigenvalue weighted by Gasteiger charge is 2.18. The van der Waals surface area contributed by atoms with Crippen LogP contribution < -0.4 is 5.32 Å². The molecule has 0 aromatic heterocycles. The maximum Gasteiger partial charge on any atom is 0.220 e. The average Bonchev–Trinajstić information content (AvgIpc) is 2.60. The molecular weight excluding hydrogens is 365 g/mol. The molecule has 2 aromatic carbocycles. The van der Waals surface area contributed by atoms with Gasteiger partial charge in [0.05, 0.1) is 10.6 Å². The highest BCUT2D eigenvalue weighted by Crippen LogP contribution is 2.23. The highest BCUT2D eigenvalue weighted by atomic mass is 32.2. The molecule has 0 aliphatic rings. The third kappa shape index (κ3) is 6.47. The lowest BCUT2D eigenvalue weighted by Crippen LogP contribution is -2.29. The molecule has 0 bridgehead atoms. The number of carbonyl (C=O) groups excluding carboxylic acids is 1. The molecule has 2 rings (SSSR count). The standard InChI is InChI=1S/C21H26FNO3S/c1-21(2,3)17-7-11-19(12-8-17)27(25,26)15-14-23-20(24)13-6-16-4-9-18(22)10-5-16/h4-5,7-12H,6,13-15H2,1-3H3,(H,23,24). The van der Waals surface area contributed by atoms with Crippen molar-refractivity contribution in [3.05, 3.63) is 65.5 Å². The zero-order chi connectivity index (χ0) is 20.1. The van der Waals surface area contributed by atoms with Gasteiger partial charge < -0.3 is 5.32 Å². The summed E-state index contributed by atoms with van der Waals surface area (Å²) in [6, 6.07) is 12.9. The van der Waals surface area contributed by atoms with E-state index in [0.717, 1.165) is 11.1 Å². The van der Waals surface area contributed by atoms with Crippen LogP contribution in [0.25, 0.3) is 0 Å². The van der Waals surface area contributed by atoms with Gasteiger partial charge in [0.1, 0.15) is 5.82 Å². The summed E-state index contributed by atoms with van der Waals surface area (Å²) in [5, 5.41) is 2.63. The fourth-order valence-corrected chi connectivity index (χ4v) is 3.76. The summed E-state index contributed by atoms with van der Waals surface area (Å²) >= 11 is 0. The van der Waals surface area contributed by atoms with Crippen molar-refractivity contribution < 1.29 is 17.6 Å². The molecule has 0 saturated carbocycles. The highest BCUT2D eigenvalue weighted by molar-refractivity contribution is 7.91. The molecule has 0 atom stereocenters. The molecule has 1 amide bonds. The van der Waals surface area contributed by atoms with Gasteiger partial charge in [-0.1, -0.05) is 45.0 Å². The minimum atomic E-state index is -3.45. The quantitative estimate of drug-likeness (QED) is 0.784. The molecule has 0 unspecified atom stereocenters. The van der Waals surface area contributed by atoms with Gasteiger partial charge in [-0.3, -0.25) is 4.79 Å². The average molecular weight is 392 g/mol. The predicted molar refractivity (Wildman–Crippen MR) is 105 cm³/mol. The predicted octanol–water partition coefficient (Wildman–Crippen LogP) is 3.65. The first-order valence-electron chi connectivity index (χ1n) is 8.92. The van der Waals surface area contributed by atoms with Crippen LogP contribution in [0.1, 0.15) is 38.3 Å². The molecule has 0 aliphatic heterocycles. The van der Waals surface area contributed by atoms with Crippen LogP contribution in [-0.4, -0.2) is 26.6 Å². The number of sulfone groups is 1. The summed E-state index contributed by atoms with van der Waals surface area (Å²) in [6.45, 7) is 6.26. The molecular formula is C21H26FNO3S. The Morgan fingerprint density at radius 3 is 2.15 bits per heavy atom. The second kappa shape index (κ2) is 8.65. The first kappa shape index (κ1) is 21.1. The fraction of sp³-hybridized carbons (Fsp3) is 0.381. The van der Waals surface area contributed by atoms with Gasteiger partial charge in [0.2, 0.25) is 5.91 Å². The Labute approximate surface area is 160 Å². The van der Waals surface area contributed by atoms with Crippen LogP contribution in [0, 0.1) is 5.82 Å². The number of amides is 1. The number of nitrogens with one attached hydrogen (secondary N) is 1. The SMILES string of the molecule is CC(C)(C)c1ccc(S(=O)(=O)CCNC(=O)CCc2ccc(F)cc2)cc1. The van der Waals surface area contributed by atoms with E-state index in [1.165, 1.54) is 12.1 Å². The van der Waals surface area contributed by atoms with Gasteiger partial charge in [-0.25, -0.2) is 12.8 Å². The minimum absolute atomic E-state index is 0.0409. The van der Waals surface area contributed by atoms with Gasteiger partial charge in [-0.15, -0.1) is 0 Å². The molecule has 6 heteroatoms. The number of hydrogen-bond acceptors (Lipinski definition) is 3. The first-order valence-corrected chi connectivity index (χ1v) is 10.6. The van der Waals surface area contributed by atoms with E-state index < -0.39 is 9.84 Å². The largest absolute Gasteiger partial charge is 0.355 e. The zero-order valence-electron chi connectivity index (χ0n) is 16.0. The Morgan fingerprint density at radius 2 is 1.59 bits per heavy atom. The van der Waals surface area contributed by atoms with E-state index >= 15 is 0 Å². The Morgan fingerprint density at radius 1 is 1.00 bits per heavy atom. The third-order valence-corrected chi connectivity index (χ3v) is 6.06. The third-order valence-electron chi connectivity index (χ3n) is 4.33. The van der Waals surface area contributed by atoms with Gasteiger partial charge >= 0.3 is 0 Å². The van der Waals surface area contributed by atoms with Gasteiger partial charge in [0.25, 0.3) is 0 Å². The van der Waals surface area contributed by atoms with E-state index in [1.54, 1.807) is 24.3 Å². The van der Waals surface area contributed by atoms with Crippen LogP contribution in [-0.2, 0) is 26.5 Å². The molecule has 27 heavy (non-hydrogen) atoms. The Bertz CT molecular complexity index is 867. The molecule has 0 heterocycles. The number of halogens is 1. The molecule has 2 aromatic rings. The second-order valence-corrected chi connectivity index (χ2v) is 9.68. The zero-order valence-corrected chi connectivity index (χ0v) is 16.8. The number of aryl methyl sites for hydroxylation is 1. The summed E-state index contributed by atoms with van der Waals surface area (Å²) in [5.74, 6) is -0.689. The molecule has 0 fully saturated rings. The van der Waals surface area contributed by atoms with Crippen molar-refractivity contribution in [2.45, 2.75) is 43.9 Å². The Kier molecular flexibility index (Phi) is 6.76. The van der Waals surface area contributed by atoms with Crippen molar-refractivity contribution in [1.82, 2.24) is 5.32 Å². The number of carbonyl (C=O) groups is 1. The van der Waals surface area contributed by atoms with Crippen LogP contribution in [0.15, 0.2) is 53.4 Å². The Balaban J connectivity index is 1.82. The van der Waals surface area contributed by atoms with E-state index in [-0.39, 0.29) is 40.8 Å². The topological polar surface area (TPSA) is 63.2 Å². The molecule has 4 nitrogen and oxygen atoms in total. The van der Waals surface area contributed by atoms with Crippen molar-refractivity contribution in [2.24, 2.45) is 0 Å². The molecule has 0 radical (unpaired) electrons. The van der Waals surface area contributed by atoms with Gasteiger partial charge in [-0.2, -0.15) is 0 Å². The van der Waals surface area contributed by atoms with E-state index in [1.807, 2.05) is 12.1 Å². The second-order valence-electron chi connectivity index (χ2n) is 7.57. The lowest BCUT2D eigenvalue weighted by molar-refractivity contribution is -0.120. The number of benzene rings is 2. The molecule has 1 N–H and O–H groups in total. The van der Waals surface area contributed by atoms with Crippen molar-refractivity contribution in [3.8, 4) is 0 Å². The summed E-state index contributed by atoms with van der Waals surface area (Å²) in [5.41, 5.74) is 1.88. The number of rotatable bonds is 7. The van der Waals surface area contributed by atoms with E-state index in [2.05, 4.69) is 26.1 Å². The van der Waals surface area contributed by atoms with Crippen LogP contribution in [0.5, 0.6) is 0 Å². The van der Waals surface area contributed by atoms with Crippen molar-refractivity contribution in [1.29, 1.82) is 0 Å². The van der Waals surface area contributed by atoms with Gasteiger partial charge in [0, 0.05) is 13.0 Å². The van der Waals surface area contributed by atoms with Crippen LogP contribution in [0.2, 0.25) is 0 Å². The number of hydrogen-bond donors (Lipinski definition) is 1. The fourth-order valence-electron chi connectivity index (χ4n) is 2.60. The maximum absolute atomic E-state index is 12.8. The maximum atomic E-state index is 12.8. The Hall–Kier alpha value is -2.21. The van der Waals surface area contributed by atoms with Gasteiger partial charge in [-0.05, 0) is 47.2 Å². The van der Waals surface area contributed by atoms with Crippen molar-refractivity contribution >= 4 is 15.7 Å². The molecule has 0 aliphatic carbocycles. The summed E-state index contributed by atoms with van der Waals surface area (Å²) in [6.07, 6.45) is 0.707. The van der Waals surface area contributed by atoms with E-state index in [4.69, 9.17) is 0 Å². The smallest absolute Gasteiger partial charge is 0.220 e. The first-order chi connectivity index (χ1) is 12.6. The van der Waals surface area contributed by atoms with E-state index in [0.29, 0.717) is 6.42 Å². The normalized spacial score (nSPS) is 12.0. The van der Waals surface area contributed by atoms with Crippen molar-refractivity contribution in [3.63, 3.8) is 0 Å². The van der Waals surface area contributed by atoms with Gasteiger partial charge in [0.15, 0.2) is 9.84 Å². The lowest BCUT2D eigenvalue weighted by Gasteiger charge is -2.19. The summed E-state index contributed by atoms with van der Waals surface area (Å²) in [4.78, 5) is 12.1. The van der Waals surface area contributed by atoms with Crippen molar-refractivity contribution in [2.75, 3.05) is 12.3 Å². The summed E-state index contributed by atoms with van der Waals surface area (Å²) in [7, 11) is -3.45. The van der Waals surface area contributed by atoms with E-state index in [9.17, 15) is 17.6 Å². The van der Waals surface area contributed by atoms with Crippen LogP contribution in [0.4, 0.5) is 4.39 Å². The van der Waals surface area contributed by atoms with Crippen LogP contribution >= 0.6 is 0 Å².